The van der Waals surface area contributed by atoms with Crippen LogP contribution >= 0.6 is 0 Å². The molecule has 0 atom stereocenters. The van der Waals surface area contributed by atoms with Gasteiger partial charge in [-0.2, -0.15) is 0 Å². The second-order valence-corrected chi connectivity index (χ2v) is 3.27. The van der Waals surface area contributed by atoms with Gasteiger partial charge in [-0.05, 0) is 36.9 Å². The van der Waals surface area contributed by atoms with Gasteiger partial charge in [0.2, 0.25) is 0 Å². The summed E-state index contributed by atoms with van der Waals surface area (Å²) in [5, 5.41) is 1.30. The number of fused-ring (bicyclic) bond motifs is 1. The summed E-state index contributed by atoms with van der Waals surface area (Å²) in [6.07, 6.45) is 6.20. The van der Waals surface area contributed by atoms with E-state index in [2.05, 4.69) is 48.2 Å². The number of nitrogens with zero attached hydrogens (tertiary/aromatic N) is 1. The number of hydrogen-bond acceptors (Lipinski definition) is 0. The summed E-state index contributed by atoms with van der Waals surface area (Å²) in [5.74, 6) is 0. The summed E-state index contributed by atoms with van der Waals surface area (Å²) in [6, 6.07) is 8.64. The molecule has 0 unspecified atom stereocenters. The smallest absolute Gasteiger partial charge is 0.0524 e. The Labute approximate surface area is 78.3 Å². The molecule has 13 heavy (non-hydrogen) atoms. The summed E-state index contributed by atoms with van der Waals surface area (Å²) >= 11 is 0. The molecular weight excluding hydrogens is 158 g/mol. The SMILES string of the molecule is C/C=C\n1ccc2ccc(C)cc21. The van der Waals surface area contributed by atoms with Gasteiger partial charge in [0.25, 0.3) is 0 Å². The van der Waals surface area contributed by atoms with Gasteiger partial charge in [0.05, 0.1) is 5.52 Å². The molecule has 0 aliphatic heterocycles. The average Bonchev–Trinajstić information content (AvgIpc) is 2.49. The van der Waals surface area contributed by atoms with Crippen LogP contribution in [0.3, 0.4) is 0 Å². The van der Waals surface area contributed by atoms with Crippen LogP contribution in [0.4, 0.5) is 0 Å². The van der Waals surface area contributed by atoms with E-state index in [-0.39, 0.29) is 0 Å². The van der Waals surface area contributed by atoms with E-state index in [9.17, 15) is 0 Å². The van der Waals surface area contributed by atoms with Gasteiger partial charge in [-0.25, -0.2) is 0 Å². The molecule has 0 radical (unpaired) electrons. The zero-order valence-corrected chi connectivity index (χ0v) is 7.99. The molecule has 0 amide bonds. The van der Waals surface area contributed by atoms with E-state index in [1.807, 2.05) is 13.0 Å². The van der Waals surface area contributed by atoms with E-state index in [4.69, 9.17) is 0 Å². The van der Waals surface area contributed by atoms with Crippen molar-refractivity contribution in [3.8, 4) is 0 Å². The Balaban J connectivity index is 2.71. The molecule has 0 fully saturated rings. The van der Waals surface area contributed by atoms with Crippen molar-refractivity contribution in [2.24, 2.45) is 0 Å². The highest BCUT2D eigenvalue weighted by Gasteiger charge is 1.97. The Morgan fingerprint density at radius 2 is 2.08 bits per heavy atom. The largest absolute Gasteiger partial charge is 0.324 e. The lowest BCUT2D eigenvalue weighted by molar-refractivity contribution is 1.22. The summed E-state index contributed by atoms with van der Waals surface area (Å²) in [5.41, 5.74) is 2.58. The molecule has 0 aliphatic carbocycles. The topological polar surface area (TPSA) is 4.93 Å². The molecular formula is C12H13N. The van der Waals surface area contributed by atoms with E-state index in [0.29, 0.717) is 0 Å². The van der Waals surface area contributed by atoms with Crippen molar-refractivity contribution in [2.75, 3.05) is 0 Å². The van der Waals surface area contributed by atoms with Crippen LogP contribution in [0.15, 0.2) is 36.5 Å². The third-order valence-electron chi connectivity index (χ3n) is 2.19. The van der Waals surface area contributed by atoms with Crippen molar-refractivity contribution in [1.29, 1.82) is 0 Å². The molecule has 0 spiro atoms. The fourth-order valence-electron chi connectivity index (χ4n) is 1.55. The van der Waals surface area contributed by atoms with Gasteiger partial charge in [0, 0.05) is 12.4 Å². The zero-order chi connectivity index (χ0) is 9.26. The zero-order valence-electron chi connectivity index (χ0n) is 7.99. The fraction of sp³-hybridized carbons (Fsp3) is 0.167. The Hall–Kier alpha value is -1.50. The first-order valence-corrected chi connectivity index (χ1v) is 4.51. The van der Waals surface area contributed by atoms with Crippen molar-refractivity contribution < 1.29 is 0 Å². The van der Waals surface area contributed by atoms with Gasteiger partial charge in [-0.3, -0.25) is 0 Å². The van der Waals surface area contributed by atoms with Gasteiger partial charge < -0.3 is 4.57 Å². The van der Waals surface area contributed by atoms with Crippen LogP contribution in [0.2, 0.25) is 0 Å². The number of aromatic nitrogens is 1. The van der Waals surface area contributed by atoms with Crippen LogP contribution in [-0.2, 0) is 0 Å². The lowest BCUT2D eigenvalue weighted by Crippen LogP contribution is -1.82. The maximum absolute atomic E-state index is 2.20. The lowest BCUT2D eigenvalue weighted by atomic mass is 10.2. The number of hydrogen-bond donors (Lipinski definition) is 0. The van der Waals surface area contributed by atoms with Crippen molar-refractivity contribution in [3.05, 3.63) is 42.1 Å². The summed E-state index contributed by atoms with van der Waals surface area (Å²) in [7, 11) is 0. The summed E-state index contributed by atoms with van der Waals surface area (Å²) in [4.78, 5) is 0. The van der Waals surface area contributed by atoms with Gasteiger partial charge in [-0.15, -0.1) is 0 Å². The molecule has 2 aromatic rings. The first-order valence-electron chi connectivity index (χ1n) is 4.51. The minimum absolute atomic E-state index is 1.28. The van der Waals surface area contributed by atoms with Crippen molar-refractivity contribution in [3.63, 3.8) is 0 Å². The summed E-state index contributed by atoms with van der Waals surface area (Å²) in [6.45, 7) is 4.15. The van der Waals surface area contributed by atoms with Gasteiger partial charge in [0.15, 0.2) is 0 Å². The van der Waals surface area contributed by atoms with Crippen LogP contribution in [0.1, 0.15) is 12.5 Å². The summed E-state index contributed by atoms with van der Waals surface area (Å²) < 4.78 is 2.14. The van der Waals surface area contributed by atoms with Crippen molar-refractivity contribution >= 4 is 17.1 Å². The maximum Gasteiger partial charge on any atom is 0.0524 e. The molecule has 0 aliphatic rings. The van der Waals surface area contributed by atoms with Crippen LogP contribution in [0.25, 0.3) is 17.1 Å². The molecule has 66 valence electrons. The van der Waals surface area contributed by atoms with Crippen LogP contribution in [-0.4, -0.2) is 4.57 Å². The molecule has 0 saturated carbocycles. The van der Waals surface area contributed by atoms with Gasteiger partial charge in [0.1, 0.15) is 0 Å². The Kier molecular flexibility index (Phi) is 1.93. The molecule has 1 aromatic carbocycles. The Bertz CT molecular complexity index is 449. The van der Waals surface area contributed by atoms with Crippen LogP contribution < -0.4 is 0 Å². The first kappa shape index (κ1) is 8.11. The van der Waals surface area contributed by atoms with Gasteiger partial charge in [-0.1, -0.05) is 18.2 Å². The van der Waals surface area contributed by atoms with Gasteiger partial charge >= 0.3 is 0 Å². The van der Waals surface area contributed by atoms with E-state index in [1.54, 1.807) is 0 Å². The molecule has 1 nitrogen and oxygen atoms in total. The fourth-order valence-corrected chi connectivity index (χ4v) is 1.55. The minimum Gasteiger partial charge on any atom is -0.324 e. The molecule has 1 heterocycles. The average molecular weight is 171 g/mol. The lowest BCUT2D eigenvalue weighted by Gasteiger charge is -1.98. The predicted octanol–water partition coefficient (Wildman–Crippen LogP) is 3.44. The molecule has 0 saturated heterocycles. The Morgan fingerprint density at radius 1 is 1.23 bits per heavy atom. The number of benzene rings is 1. The molecule has 1 heteroatoms. The highest BCUT2D eigenvalue weighted by molar-refractivity contribution is 5.82. The second kappa shape index (κ2) is 3.09. The maximum atomic E-state index is 2.20. The number of allylic oxidation sites excluding steroid dienone is 1. The quantitative estimate of drug-likeness (QED) is 0.619. The Morgan fingerprint density at radius 3 is 2.85 bits per heavy atom. The standard InChI is InChI=1S/C12H13N/c1-3-7-13-8-6-11-5-4-10(2)9-12(11)13/h3-9H,1-2H3/b7-3-. The number of rotatable bonds is 1. The molecule has 0 N–H and O–H groups in total. The van der Waals surface area contributed by atoms with Crippen molar-refractivity contribution in [1.82, 2.24) is 4.57 Å². The normalized spacial score (nSPS) is 11.5. The van der Waals surface area contributed by atoms with Crippen LogP contribution in [0, 0.1) is 6.92 Å². The highest BCUT2D eigenvalue weighted by atomic mass is 14.9. The molecule has 1 aromatic heterocycles. The molecule has 2 rings (SSSR count). The van der Waals surface area contributed by atoms with E-state index < -0.39 is 0 Å². The second-order valence-electron chi connectivity index (χ2n) is 3.27. The first-order chi connectivity index (χ1) is 6.31. The van der Waals surface area contributed by atoms with E-state index >= 15 is 0 Å². The van der Waals surface area contributed by atoms with Crippen LogP contribution in [0.5, 0.6) is 0 Å². The third kappa shape index (κ3) is 1.37. The van der Waals surface area contributed by atoms with Crippen molar-refractivity contribution in [2.45, 2.75) is 13.8 Å². The minimum atomic E-state index is 1.28. The van der Waals surface area contributed by atoms with E-state index in [1.165, 1.54) is 16.5 Å². The highest BCUT2D eigenvalue weighted by Crippen LogP contribution is 2.17. The monoisotopic (exact) mass is 171 g/mol. The number of aryl methyl sites for hydroxylation is 1. The van der Waals surface area contributed by atoms with E-state index in [0.717, 1.165) is 0 Å². The predicted molar refractivity (Wildman–Crippen MR) is 57.7 cm³/mol. The molecule has 0 bridgehead atoms. The third-order valence-corrected chi connectivity index (χ3v) is 2.19.